The molecule has 5 rings (SSSR count). The summed E-state index contributed by atoms with van der Waals surface area (Å²) in [6.07, 6.45) is 2.67. The molecule has 2 aromatic carbocycles. The molecule has 198 valence electrons. The highest BCUT2D eigenvalue weighted by Crippen LogP contribution is 2.32. The molecule has 0 N–H and O–H groups in total. The molecule has 7 nitrogen and oxygen atoms in total. The first-order chi connectivity index (χ1) is 18.4. The fraction of sp³-hybridized carbons (Fsp3) is 0.379. The Balaban J connectivity index is 1.53. The molecule has 9 heteroatoms. The van der Waals surface area contributed by atoms with Crippen LogP contribution in [0.15, 0.2) is 48.5 Å². The molecular weight excluding hydrogens is 486 g/mol. The molecule has 2 aromatic heterocycles. The van der Waals surface area contributed by atoms with E-state index in [9.17, 15) is 13.6 Å². The molecule has 38 heavy (non-hydrogen) atoms. The van der Waals surface area contributed by atoms with Crippen molar-refractivity contribution >= 4 is 22.8 Å². The lowest BCUT2D eigenvalue weighted by Gasteiger charge is -2.24. The molecule has 1 aliphatic heterocycles. The van der Waals surface area contributed by atoms with Crippen molar-refractivity contribution in [1.82, 2.24) is 24.6 Å². The molecule has 1 atom stereocenters. The van der Waals surface area contributed by atoms with Crippen LogP contribution >= 0.6 is 0 Å². The minimum absolute atomic E-state index is 0.0949. The molecule has 0 aliphatic carbocycles. The largest absolute Gasteiger partial charge is 0.354 e. The van der Waals surface area contributed by atoms with E-state index >= 15 is 0 Å². The van der Waals surface area contributed by atoms with Crippen molar-refractivity contribution in [2.45, 2.75) is 46.0 Å². The Morgan fingerprint density at radius 2 is 1.76 bits per heavy atom. The minimum Gasteiger partial charge on any atom is -0.354 e. The van der Waals surface area contributed by atoms with Crippen molar-refractivity contribution in [3.05, 3.63) is 77.2 Å². The molecule has 1 saturated heterocycles. The van der Waals surface area contributed by atoms with Gasteiger partial charge in [-0.25, -0.2) is 23.4 Å². The highest BCUT2D eigenvalue weighted by atomic mass is 19.1. The number of benzene rings is 2. The molecule has 0 saturated carbocycles. The van der Waals surface area contributed by atoms with Gasteiger partial charge < -0.3 is 9.80 Å². The minimum atomic E-state index is -0.505. The summed E-state index contributed by atoms with van der Waals surface area (Å²) in [5.41, 5.74) is 2.27. The zero-order chi connectivity index (χ0) is 26.8. The summed E-state index contributed by atoms with van der Waals surface area (Å²) in [4.78, 5) is 27.0. The molecule has 1 amide bonds. The van der Waals surface area contributed by atoms with E-state index in [2.05, 4.69) is 18.7 Å². The number of nitrogens with zero attached hydrogens (tertiary/aromatic N) is 6. The molecule has 0 unspecified atom stereocenters. The van der Waals surface area contributed by atoms with E-state index in [0.717, 1.165) is 47.7 Å². The van der Waals surface area contributed by atoms with Gasteiger partial charge in [0.2, 0.25) is 0 Å². The summed E-state index contributed by atoms with van der Waals surface area (Å²) in [7, 11) is 0. The molecule has 0 radical (unpaired) electrons. The number of carbonyl (C=O) groups is 1. The predicted molar refractivity (Wildman–Crippen MR) is 144 cm³/mol. The molecular formula is C29H32F2N6O. The molecule has 0 spiro atoms. The van der Waals surface area contributed by atoms with Crippen molar-refractivity contribution in [3.63, 3.8) is 0 Å². The van der Waals surface area contributed by atoms with Crippen LogP contribution in [0.4, 0.5) is 14.6 Å². The SMILES string of the molecule is CCC[C@@H](C)c1nc(N2CCCN(C(=O)c3ccccc3F)CC2)c2c(C)nn(-c3ccc(F)cc3)c2n1. The normalized spacial score (nSPS) is 15.1. The van der Waals surface area contributed by atoms with E-state index in [-0.39, 0.29) is 23.2 Å². The van der Waals surface area contributed by atoms with Gasteiger partial charge in [0.1, 0.15) is 23.3 Å². The smallest absolute Gasteiger partial charge is 0.256 e. The third-order valence-corrected chi connectivity index (χ3v) is 7.12. The molecule has 4 aromatic rings. The Kier molecular flexibility index (Phi) is 7.35. The molecule has 3 heterocycles. The number of aryl methyl sites for hydroxylation is 1. The number of aromatic nitrogens is 4. The summed E-state index contributed by atoms with van der Waals surface area (Å²) < 4.78 is 29.7. The summed E-state index contributed by atoms with van der Waals surface area (Å²) >= 11 is 0. The summed E-state index contributed by atoms with van der Waals surface area (Å²) in [5, 5.41) is 5.61. The second-order valence-corrected chi connectivity index (χ2v) is 9.88. The predicted octanol–water partition coefficient (Wildman–Crippen LogP) is 5.66. The zero-order valence-corrected chi connectivity index (χ0v) is 22.0. The quantitative estimate of drug-likeness (QED) is 0.330. The number of anilines is 1. The lowest BCUT2D eigenvalue weighted by Crippen LogP contribution is -2.36. The summed E-state index contributed by atoms with van der Waals surface area (Å²) in [5.74, 6) is 0.560. The van der Waals surface area contributed by atoms with Crippen molar-refractivity contribution in [1.29, 1.82) is 0 Å². The van der Waals surface area contributed by atoms with Crippen molar-refractivity contribution in [3.8, 4) is 5.69 Å². The van der Waals surface area contributed by atoms with Crippen LogP contribution in [-0.4, -0.2) is 56.7 Å². The molecule has 0 bridgehead atoms. The maximum Gasteiger partial charge on any atom is 0.256 e. The van der Waals surface area contributed by atoms with Crippen molar-refractivity contribution in [2.24, 2.45) is 0 Å². The molecule has 1 fully saturated rings. The summed E-state index contributed by atoms with van der Waals surface area (Å²) in [6.45, 7) is 8.41. The third-order valence-electron chi connectivity index (χ3n) is 7.12. The Labute approximate surface area is 221 Å². The maximum atomic E-state index is 14.3. The van der Waals surface area contributed by atoms with Crippen LogP contribution < -0.4 is 4.90 Å². The number of halogens is 2. The van der Waals surface area contributed by atoms with E-state index in [1.807, 2.05) is 6.92 Å². The van der Waals surface area contributed by atoms with Gasteiger partial charge in [-0.15, -0.1) is 0 Å². The Hall–Kier alpha value is -3.88. The van der Waals surface area contributed by atoms with Gasteiger partial charge in [-0.1, -0.05) is 32.4 Å². The average Bonchev–Trinajstić information content (AvgIpc) is 3.08. The van der Waals surface area contributed by atoms with E-state index < -0.39 is 5.82 Å². The number of rotatable bonds is 6. The first kappa shape index (κ1) is 25.8. The second kappa shape index (κ2) is 10.8. The lowest BCUT2D eigenvalue weighted by atomic mass is 10.1. The number of carbonyl (C=O) groups excluding carboxylic acids is 1. The van der Waals surface area contributed by atoms with E-state index in [1.165, 1.54) is 24.3 Å². The van der Waals surface area contributed by atoms with Crippen LogP contribution in [-0.2, 0) is 0 Å². The van der Waals surface area contributed by atoms with Gasteiger partial charge in [-0.05, 0) is 56.2 Å². The first-order valence-corrected chi connectivity index (χ1v) is 13.2. The van der Waals surface area contributed by atoms with Gasteiger partial charge in [0.25, 0.3) is 5.91 Å². The van der Waals surface area contributed by atoms with Gasteiger partial charge >= 0.3 is 0 Å². The van der Waals surface area contributed by atoms with Gasteiger partial charge in [0.15, 0.2) is 5.65 Å². The topological polar surface area (TPSA) is 67.2 Å². The van der Waals surface area contributed by atoms with Crippen LogP contribution in [0.5, 0.6) is 0 Å². The zero-order valence-electron chi connectivity index (χ0n) is 22.0. The highest BCUT2D eigenvalue weighted by molar-refractivity contribution is 5.95. The lowest BCUT2D eigenvalue weighted by molar-refractivity contribution is 0.0762. The van der Waals surface area contributed by atoms with Gasteiger partial charge in [0.05, 0.1) is 22.3 Å². The van der Waals surface area contributed by atoms with Gasteiger partial charge in [0, 0.05) is 32.1 Å². The number of hydrogen-bond donors (Lipinski definition) is 0. The van der Waals surface area contributed by atoms with Crippen LogP contribution in [0.3, 0.4) is 0 Å². The van der Waals surface area contributed by atoms with E-state index in [1.54, 1.807) is 33.8 Å². The third kappa shape index (κ3) is 4.97. The number of hydrogen-bond acceptors (Lipinski definition) is 5. The standard InChI is InChI=1S/C29H32F2N6O/c1-4-8-19(2)26-32-27(25-20(3)34-37(28(25)33-26)22-13-11-21(30)12-14-22)35-15-7-16-36(18-17-35)29(38)23-9-5-6-10-24(23)31/h5-6,9-14,19H,4,7-8,15-18H2,1-3H3/t19-/m1/s1. The maximum absolute atomic E-state index is 14.3. The van der Waals surface area contributed by atoms with E-state index in [4.69, 9.17) is 15.1 Å². The fourth-order valence-electron chi connectivity index (χ4n) is 5.09. The number of fused-ring (bicyclic) bond motifs is 1. The monoisotopic (exact) mass is 518 g/mol. The van der Waals surface area contributed by atoms with Crippen LogP contribution in [0, 0.1) is 18.6 Å². The van der Waals surface area contributed by atoms with Gasteiger partial charge in [-0.2, -0.15) is 5.10 Å². The fourth-order valence-corrected chi connectivity index (χ4v) is 5.09. The Bertz CT molecular complexity index is 1450. The van der Waals surface area contributed by atoms with Crippen molar-refractivity contribution < 1.29 is 13.6 Å². The van der Waals surface area contributed by atoms with Crippen LogP contribution in [0.25, 0.3) is 16.7 Å². The second-order valence-electron chi connectivity index (χ2n) is 9.88. The van der Waals surface area contributed by atoms with Crippen molar-refractivity contribution in [2.75, 3.05) is 31.1 Å². The van der Waals surface area contributed by atoms with Crippen LogP contribution in [0.2, 0.25) is 0 Å². The highest BCUT2D eigenvalue weighted by Gasteiger charge is 2.27. The number of amides is 1. The van der Waals surface area contributed by atoms with Gasteiger partial charge in [-0.3, -0.25) is 4.79 Å². The Morgan fingerprint density at radius 3 is 2.50 bits per heavy atom. The Morgan fingerprint density at radius 1 is 1.00 bits per heavy atom. The van der Waals surface area contributed by atoms with E-state index in [0.29, 0.717) is 31.8 Å². The molecule has 1 aliphatic rings. The average molecular weight is 519 g/mol. The summed E-state index contributed by atoms with van der Waals surface area (Å²) in [6, 6.07) is 12.3. The first-order valence-electron chi connectivity index (χ1n) is 13.2. The van der Waals surface area contributed by atoms with Crippen LogP contribution in [0.1, 0.15) is 60.9 Å².